The molecular formula is C13H17OP. The van der Waals surface area contributed by atoms with Crippen LogP contribution < -0.4 is 0 Å². The maximum atomic E-state index is 5.49. The molecule has 1 aliphatic rings. The Hall–Kier alpha value is -1.33. The molecule has 1 fully saturated rings. The zero-order chi connectivity index (χ0) is 11.8. The van der Waals surface area contributed by atoms with Crippen LogP contribution in [-0.4, -0.2) is 0 Å². The number of allylic oxidation sites excluding steroid dienone is 5. The summed E-state index contributed by atoms with van der Waals surface area (Å²) in [7, 11) is 0.334. The molecule has 0 aromatic heterocycles. The quantitative estimate of drug-likeness (QED) is 0.467. The second-order valence-electron chi connectivity index (χ2n) is 2.63. The van der Waals surface area contributed by atoms with Crippen molar-refractivity contribution in [1.82, 2.24) is 0 Å². The van der Waals surface area contributed by atoms with Crippen LogP contribution in [0, 0.1) is 0 Å². The van der Waals surface area contributed by atoms with E-state index in [1.165, 1.54) is 0 Å². The molecule has 15 heavy (non-hydrogen) atoms. The lowest BCUT2D eigenvalue weighted by atomic mass is 10.1. The molecule has 80 valence electrons. The summed E-state index contributed by atoms with van der Waals surface area (Å²) in [6.45, 7) is 19.5. The normalized spacial score (nSPS) is 22.2. The minimum absolute atomic E-state index is 0.334. The molecule has 0 saturated carbocycles. The van der Waals surface area contributed by atoms with Gasteiger partial charge in [-0.05, 0) is 18.6 Å². The van der Waals surface area contributed by atoms with Gasteiger partial charge in [-0.2, -0.15) is 0 Å². The first kappa shape index (κ1) is 13.7. The van der Waals surface area contributed by atoms with Crippen molar-refractivity contribution in [3.8, 4) is 0 Å². The third-order valence-corrected chi connectivity index (χ3v) is 2.95. The van der Waals surface area contributed by atoms with Crippen LogP contribution in [-0.2, 0) is 4.52 Å². The molecule has 1 aliphatic heterocycles. The van der Waals surface area contributed by atoms with Gasteiger partial charge in [0.05, 0.1) is 0 Å². The first-order chi connectivity index (χ1) is 7.20. The summed E-state index contributed by atoms with van der Waals surface area (Å²) in [5, 5.41) is 1.13. The van der Waals surface area contributed by atoms with Gasteiger partial charge in [-0.3, -0.25) is 0 Å². The summed E-state index contributed by atoms with van der Waals surface area (Å²) >= 11 is 0. The molecule has 1 atom stereocenters. The van der Waals surface area contributed by atoms with Gasteiger partial charge in [-0.15, -0.1) is 13.2 Å². The SMILES string of the molecule is C=C.C=C/C=C1/OP/C(=C/C)C(=C)C1=C. The molecule has 0 aromatic rings. The maximum Gasteiger partial charge on any atom is 0.130 e. The summed E-state index contributed by atoms with van der Waals surface area (Å²) in [4.78, 5) is 0. The van der Waals surface area contributed by atoms with Crippen LogP contribution in [0.5, 0.6) is 0 Å². The van der Waals surface area contributed by atoms with Crippen LogP contribution in [0.15, 0.2) is 73.3 Å². The highest BCUT2D eigenvalue weighted by Gasteiger charge is 2.18. The molecule has 1 heterocycles. The highest BCUT2D eigenvalue weighted by atomic mass is 31.1. The van der Waals surface area contributed by atoms with Gasteiger partial charge in [-0.25, -0.2) is 0 Å². The van der Waals surface area contributed by atoms with Gasteiger partial charge in [-0.1, -0.05) is 31.9 Å². The molecule has 0 aliphatic carbocycles. The van der Waals surface area contributed by atoms with Crippen molar-refractivity contribution >= 4 is 8.81 Å². The molecule has 0 radical (unpaired) electrons. The highest BCUT2D eigenvalue weighted by Crippen LogP contribution is 2.44. The van der Waals surface area contributed by atoms with Gasteiger partial charge in [0.2, 0.25) is 0 Å². The van der Waals surface area contributed by atoms with Crippen LogP contribution in [0.3, 0.4) is 0 Å². The van der Waals surface area contributed by atoms with Crippen molar-refractivity contribution in [2.45, 2.75) is 6.92 Å². The summed E-state index contributed by atoms with van der Waals surface area (Å²) in [6, 6.07) is 0. The molecule has 0 aromatic carbocycles. The second-order valence-corrected chi connectivity index (χ2v) is 3.58. The van der Waals surface area contributed by atoms with Crippen LogP contribution in [0.4, 0.5) is 0 Å². The van der Waals surface area contributed by atoms with Crippen LogP contribution in [0.25, 0.3) is 0 Å². The Morgan fingerprint density at radius 2 is 1.80 bits per heavy atom. The Labute approximate surface area is 94.1 Å². The lowest BCUT2D eigenvalue weighted by Crippen LogP contribution is -2.00. The smallest absolute Gasteiger partial charge is 0.130 e. The minimum Gasteiger partial charge on any atom is -0.472 e. The van der Waals surface area contributed by atoms with Gasteiger partial charge < -0.3 is 4.52 Å². The standard InChI is InChI=1S/C11H13OP.C2H4/c1-5-7-10-8(3)9(4)11(6-2)13-12-10;1-2/h5-7,13H,1,3-4H2,2H3;1-2H2/b10-7+,11-6+;. The van der Waals surface area contributed by atoms with Gasteiger partial charge in [0.1, 0.15) is 14.6 Å². The summed E-state index contributed by atoms with van der Waals surface area (Å²) < 4.78 is 5.49. The van der Waals surface area contributed by atoms with E-state index in [2.05, 4.69) is 32.9 Å². The van der Waals surface area contributed by atoms with Crippen molar-refractivity contribution in [2.75, 3.05) is 0 Å². The first-order valence-electron chi connectivity index (χ1n) is 4.51. The average Bonchev–Trinajstić information content (AvgIpc) is 2.28. The van der Waals surface area contributed by atoms with E-state index in [0.717, 1.165) is 22.2 Å². The van der Waals surface area contributed by atoms with Crippen LogP contribution in [0.2, 0.25) is 0 Å². The molecule has 0 spiro atoms. The van der Waals surface area contributed by atoms with E-state index in [1.807, 2.05) is 19.1 Å². The summed E-state index contributed by atoms with van der Waals surface area (Å²) in [5.41, 5.74) is 1.83. The zero-order valence-electron chi connectivity index (χ0n) is 9.18. The monoisotopic (exact) mass is 220 g/mol. The largest absolute Gasteiger partial charge is 0.472 e. The lowest BCUT2D eigenvalue weighted by molar-refractivity contribution is 0.498. The fourth-order valence-electron chi connectivity index (χ4n) is 1.02. The van der Waals surface area contributed by atoms with E-state index in [-0.39, 0.29) is 0 Å². The maximum absolute atomic E-state index is 5.49. The molecule has 2 heteroatoms. The molecule has 1 unspecified atom stereocenters. The fraction of sp³-hybridized carbons (Fsp3) is 0.0769. The Bertz CT molecular complexity index is 334. The van der Waals surface area contributed by atoms with Crippen molar-refractivity contribution in [3.05, 3.63) is 73.3 Å². The van der Waals surface area contributed by atoms with E-state index in [9.17, 15) is 0 Å². The fourth-order valence-corrected chi connectivity index (χ4v) is 1.82. The predicted octanol–water partition coefficient (Wildman–Crippen LogP) is 4.50. The predicted molar refractivity (Wildman–Crippen MR) is 71.0 cm³/mol. The van der Waals surface area contributed by atoms with Crippen molar-refractivity contribution < 1.29 is 4.52 Å². The van der Waals surface area contributed by atoms with E-state index < -0.39 is 0 Å². The van der Waals surface area contributed by atoms with Gasteiger partial charge in [0.15, 0.2) is 0 Å². The third kappa shape index (κ3) is 3.38. The van der Waals surface area contributed by atoms with E-state index in [0.29, 0.717) is 8.81 Å². The number of hydrogen-bond acceptors (Lipinski definition) is 1. The second kappa shape index (κ2) is 7.03. The summed E-state index contributed by atoms with van der Waals surface area (Å²) in [5.74, 6) is 0.781. The first-order valence-corrected chi connectivity index (χ1v) is 5.42. The number of hydrogen-bond donors (Lipinski definition) is 0. The summed E-state index contributed by atoms with van der Waals surface area (Å²) in [6.07, 6.45) is 5.52. The molecule has 0 N–H and O–H groups in total. The van der Waals surface area contributed by atoms with Gasteiger partial charge >= 0.3 is 0 Å². The molecule has 0 amide bonds. The Morgan fingerprint density at radius 1 is 1.20 bits per heavy atom. The Morgan fingerprint density at radius 3 is 2.27 bits per heavy atom. The lowest BCUT2D eigenvalue weighted by Gasteiger charge is -2.22. The van der Waals surface area contributed by atoms with Crippen molar-refractivity contribution in [2.24, 2.45) is 0 Å². The third-order valence-electron chi connectivity index (χ3n) is 1.82. The topological polar surface area (TPSA) is 9.23 Å². The Balaban J connectivity index is 0.000000921. The van der Waals surface area contributed by atoms with E-state index >= 15 is 0 Å². The zero-order valence-corrected chi connectivity index (χ0v) is 10.2. The average molecular weight is 220 g/mol. The van der Waals surface area contributed by atoms with Crippen LogP contribution >= 0.6 is 8.81 Å². The molecule has 0 bridgehead atoms. The minimum atomic E-state index is 0.334. The van der Waals surface area contributed by atoms with Gasteiger partial charge in [0, 0.05) is 10.9 Å². The van der Waals surface area contributed by atoms with E-state index in [4.69, 9.17) is 4.52 Å². The molecule has 1 nitrogen and oxygen atoms in total. The van der Waals surface area contributed by atoms with E-state index in [1.54, 1.807) is 6.08 Å². The van der Waals surface area contributed by atoms with Crippen LogP contribution in [0.1, 0.15) is 6.92 Å². The molecule has 1 rings (SSSR count). The van der Waals surface area contributed by atoms with Crippen molar-refractivity contribution in [3.63, 3.8) is 0 Å². The number of rotatable bonds is 1. The van der Waals surface area contributed by atoms with Crippen molar-refractivity contribution in [1.29, 1.82) is 0 Å². The molecular weight excluding hydrogens is 203 g/mol. The molecule has 1 saturated heterocycles. The Kier molecular flexibility index (Phi) is 6.40. The highest BCUT2D eigenvalue weighted by molar-refractivity contribution is 7.38. The van der Waals surface area contributed by atoms with Gasteiger partial charge in [0.25, 0.3) is 0 Å².